The van der Waals surface area contributed by atoms with Crippen LogP contribution in [0.1, 0.15) is 16.8 Å². The van der Waals surface area contributed by atoms with Crippen molar-refractivity contribution < 1.29 is 13.2 Å². The highest BCUT2D eigenvalue weighted by Gasteiger charge is 2.24. The number of carbonyl (C=O) groups is 1. The third-order valence-electron chi connectivity index (χ3n) is 4.34. The molecule has 1 aliphatic heterocycles. The molecule has 0 aromatic heterocycles. The van der Waals surface area contributed by atoms with Gasteiger partial charge >= 0.3 is 0 Å². The Morgan fingerprint density at radius 1 is 1.12 bits per heavy atom. The van der Waals surface area contributed by atoms with Crippen molar-refractivity contribution in [3.8, 4) is 0 Å². The van der Waals surface area contributed by atoms with Gasteiger partial charge in [0, 0.05) is 30.9 Å². The minimum absolute atomic E-state index is 0.0637. The molecule has 25 heavy (non-hydrogen) atoms. The first-order valence-electron chi connectivity index (χ1n) is 8.13. The van der Waals surface area contributed by atoms with E-state index in [1.54, 1.807) is 54.4 Å². The van der Waals surface area contributed by atoms with Gasteiger partial charge in [0.05, 0.1) is 4.90 Å². The molecule has 132 valence electrons. The standard InChI is InChI=1S/C18H21N3O3S/c1-21(16-11-12-19-13-16)18(22)14-7-9-15(10-8-14)20-25(23,24)17-5-3-2-4-6-17/h2-10,16,19-20H,11-13H2,1H3. The summed E-state index contributed by atoms with van der Waals surface area (Å²) in [7, 11) is -1.83. The highest BCUT2D eigenvalue weighted by atomic mass is 32.2. The maximum absolute atomic E-state index is 12.5. The molecule has 1 aliphatic rings. The van der Waals surface area contributed by atoms with E-state index in [0.717, 1.165) is 19.5 Å². The molecule has 0 radical (unpaired) electrons. The summed E-state index contributed by atoms with van der Waals surface area (Å²) in [5.41, 5.74) is 0.961. The van der Waals surface area contributed by atoms with Crippen LogP contribution in [0.2, 0.25) is 0 Å². The molecule has 1 atom stereocenters. The Bertz CT molecular complexity index is 830. The van der Waals surface area contributed by atoms with Crippen molar-refractivity contribution in [2.75, 3.05) is 24.9 Å². The minimum atomic E-state index is -3.63. The monoisotopic (exact) mass is 359 g/mol. The molecule has 6 nitrogen and oxygen atoms in total. The smallest absolute Gasteiger partial charge is 0.261 e. The number of benzene rings is 2. The summed E-state index contributed by atoms with van der Waals surface area (Å²) in [5, 5.41) is 3.24. The lowest BCUT2D eigenvalue weighted by Crippen LogP contribution is -2.38. The van der Waals surface area contributed by atoms with E-state index in [-0.39, 0.29) is 16.8 Å². The maximum Gasteiger partial charge on any atom is 0.261 e. The minimum Gasteiger partial charge on any atom is -0.337 e. The van der Waals surface area contributed by atoms with Gasteiger partial charge in [-0.2, -0.15) is 0 Å². The van der Waals surface area contributed by atoms with Crippen LogP contribution < -0.4 is 10.0 Å². The van der Waals surface area contributed by atoms with Crippen molar-refractivity contribution in [1.29, 1.82) is 0 Å². The number of amides is 1. The van der Waals surface area contributed by atoms with E-state index in [4.69, 9.17) is 0 Å². The lowest BCUT2D eigenvalue weighted by Gasteiger charge is -2.23. The fourth-order valence-corrected chi connectivity index (χ4v) is 3.91. The number of hydrogen-bond donors (Lipinski definition) is 2. The number of nitrogens with zero attached hydrogens (tertiary/aromatic N) is 1. The SMILES string of the molecule is CN(C(=O)c1ccc(NS(=O)(=O)c2ccccc2)cc1)C1CCNC1. The van der Waals surface area contributed by atoms with Crippen LogP contribution in [0.25, 0.3) is 0 Å². The van der Waals surface area contributed by atoms with E-state index >= 15 is 0 Å². The van der Waals surface area contributed by atoms with Gasteiger partial charge in [-0.15, -0.1) is 0 Å². The van der Waals surface area contributed by atoms with E-state index in [1.165, 1.54) is 12.1 Å². The van der Waals surface area contributed by atoms with Crippen LogP contribution in [-0.4, -0.2) is 45.4 Å². The Hall–Kier alpha value is -2.38. The molecular weight excluding hydrogens is 338 g/mol. The van der Waals surface area contributed by atoms with Gasteiger partial charge in [0.1, 0.15) is 0 Å². The molecule has 1 fully saturated rings. The summed E-state index contributed by atoms with van der Waals surface area (Å²) in [6.07, 6.45) is 0.942. The first kappa shape index (κ1) is 17.4. The van der Waals surface area contributed by atoms with Crippen molar-refractivity contribution in [1.82, 2.24) is 10.2 Å². The normalized spacial score (nSPS) is 17.2. The van der Waals surface area contributed by atoms with Crippen molar-refractivity contribution in [3.63, 3.8) is 0 Å². The third kappa shape index (κ3) is 4.00. The van der Waals surface area contributed by atoms with Crippen LogP contribution in [0.3, 0.4) is 0 Å². The van der Waals surface area contributed by atoms with E-state index in [1.807, 2.05) is 0 Å². The molecular formula is C18H21N3O3S. The highest BCUT2D eigenvalue weighted by Crippen LogP contribution is 2.18. The molecule has 7 heteroatoms. The first-order valence-corrected chi connectivity index (χ1v) is 9.61. The van der Waals surface area contributed by atoms with E-state index in [9.17, 15) is 13.2 Å². The number of sulfonamides is 1. The predicted octanol–water partition coefficient (Wildman–Crippen LogP) is 1.92. The number of anilines is 1. The quantitative estimate of drug-likeness (QED) is 0.855. The van der Waals surface area contributed by atoms with Crippen LogP contribution in [0.4, 0.5) is 5.69 Å². The third-order valence-corrected chi connectivity index (χ3v) is 5.74. The zero-order valence-electron chi connectivity index (χ0n) is 14.0. The van der Waals surface area contributed by atoms with Crippen molar-refractivity contribution in [3.05, 3.63) is 60.2 Å². The Morgan fingerprint density at radius 3 is 2.40 bits per heavy atom. The second-order valence-electron chi connectivity index (χ2n) is 6.06. The van der Waals surface area contributed by atoms with Crippen molar-refractivity contribution in [2.45, 2.75) is 17.4 Å². The fourth-order valence-electron chi connectivity index (χ4n) is 2.83. The van der Waals surface area contributed by atoms with E-state index in [2.05, 4.69) is 10.0 Å². The van der Waals surface area contributed by atoms with Gasteiger partial charge in [-0.25, -0.2) is 8.42 Å². The number of carbonyl (C=O) groups excluding carboxylic acids is 1. The van der Waals surface area contributed by atoms with Crippen LogP contribution in [0, 0.1) is 0 Å². The first-order chi connectivity index (χ1) is 12.0. The fraction of sp³-hybridized carbons (Fsp3) is 0.278. The summed E-state index contributed by atoms with van der Waals surface area (Å²) in [6.45, 7) is 1.72. The maximum atomic E-state index is 12.5. The summed E-state index contributed by atoms with van der Waals surface area (Å²) in [4.78, 5) is 14.4. The van der Waals surface area contributed by atoms with Gasteiger partial charge in [-0.1, -0.05) is 18.2 Å². The Morgan fingerprint density at radius 2 is 1.80 bits per heavy atom. The van der Waals surface area contributed by atoms with Crippen LogP contribution in [0.15, 0.2) is 59.5 Å². The topological polar surface area (TPSA) is 78.5 Å². The molecule has 0 spiro atoms. The summed E-state index contributed by atoms with van der Waals surface area (Å²) in [5.74, 6) is -0.0637. The van der Waals surface area contributed by atoms with E-state index in [0.29, 0.717) is 11.3 Å². The molecule has 1 amide bonds. The molecule has 3 rings (SSSR count). The average Bonchev–Trinajstić information content (AvgIpc) is 3.16. The van der Waals surface area contributed by atoms with Gasteiger partial charge in [-0.3, -0.25) is 9.52 Å². The van der Waals surface area contributed by atoms with Crippen LogP contribution in [0.5, 0.6) is 0 Å². The highest BCUT2D eigenvalue weighted by molar-refractivity contribution is 7.92. The van der Waals surface area contributed by atoms with Crippen molar-refractivity contribution >= 4 is 21.6 Å². The van der Waals surface area contributed by atoms with Gasteiger partial charge in [0.25, 0.3) is 15.9 Å². The number of nitrogens with one attached hydrogen (secondary N) is 2. The second kappa shape index (κ2) is 7.25. The molecule has 0 bridgehead atoms. The molecule has 2 aromatic rings. The second-order valence-corrected chi connectivity index (χ2v) is 7.74. The van der Waals surface area contributed by atoms with Crippen LogP contribution in [-0.2, 0) is 10.0 Å². The van der Waals surface area contributed by atoms with Gasteiger partial charge in [0.15, 0.2) is 0 Å². The Labute approximate surface area is 147 Å². The van der Waals surface area contributed by atoms with Gasteiger partial charge in [0.2, 0.25) is 0 Å². The number of hydrogen-bond acceptors (Lipinski definition) is 4. The van der Waals surface area contributed by atoms with E-state index < -0.39 is 10.0 Å². The molecule has 0 aliphatic carbocycles. The zero-order valence-corrected chi connectivity index (χ0v) is 14.8. The molecule has 2 N–H and O–H groups in total. The molecule has 0 saturated carbocycles. The zero-order chi connectivity index (χ0) is 17.9. The largest absolute Gasteiger partial charge is 0.337 e. The molecule has 1 saturated heterocycles. The lowest BCUT2D eigenvalue weighted by atomic mass is 10.1. The van der Waals surface area contributed by atoms with Gasteiger partial charge in [-0.05, 0) is 49.4 Å². The van der Waals surface area contributed by atoms with Gasteiger partial charge < -0.3 is 10.2 Å². The predicted molar refractivity (Wildman–Crippen MR) is 97.1 cm³/mol. The number of rotatable bonds is 5. The summed E-state index contributed by atoms with van der Waals surface area (Å²) in [6, 6.07) is 14.9. The molecule has 2 aromatic carbocycles. The summed E-state index contributed by atoms with van der Waals surface area (Å²) < 4.78 is 27.1. The van der Waals surface area contributed by atoms with Crippen LogP contribution >= 0.6 is 0 Å². The lowest BCUT2D eigenvalue weighted by molar-refractivity contribution is 0.0744. The Kier molecular flexibility index (Phi) is 5.06. The van der Waals surface area contributed by atoms with Crippen molar-refractivity contribution in [2.24, 2.45) is 0 Å². The molecule has 1 unspecified atom stereocenters. The average molecular weight is 359 g/mol. The Balaban J connectivity index is 1.71. The summed E-state index contributed by atoms with van der Waals surface area (Å²) >= 11 is 0. The molecule has 1 heterocycles. The number of likely N-dealkylation sites (N-methyl/N-ethyl adjacent to an activating group) is 1.